The van der Waals surface area contributed by atoms with Crippen molar-refractivity contribution in [2.24, 2.45) is 5.73 Å². The van der Waals surface area contributed by atoms with E-state index in [0.29, 0.717) is 0 Å². The number of nitrogens with two attached hydrogens (primary N) is 1. The van der Waals surface area contributed by atoms with Crippen LogP contribution in [0.4, 0.5) is 0 Å². The molecule has 0 spiro atoms. The highest BCUT2D eigenvalue weighted by Gasteiger charge is 1.95. The largest absolute Gasteiger partial charge is 0.330 e. The zero-order chi connectivity index (χ0) is 10.2. The van der Waals surface area contributed by atoms with Gasteiger partial charge < -0.3 is 5.73 Å². The summed E-state index contributed by atoms with van der Waals surface area (Å²) < 4.78 is 0. The summed E-state index contributed by atoms with van der Waals surface area (Å²) in [6.45, 7) is 2.97. The summed E-state index contributed by atoms with van der Waals surface area (Å²) in [5.41, 5.74) is 7.96. The van der Waals surface area contributed by atoms with Crippen LogP contribution in [-0.2, 0) is 12.8 Å². The van der Waals surface area contributed by atoms with Crippen molar-refractivity contribution >= 4 is 0 Å². The van der Waals surface area contributed by atoms with Crippen LogP contribution in [0.1, 0.15) is 37.4 Å². The second-order valence-electron chi connectivity index (χ2n) is 3.65. The third-order valence-corrected chi connectivity index (χ3v) is 2.34. The Bertz CT molecular complexity index is 214. The third-order valence-electron chi connectivity index (χ3n) is 2.34. The van der Waals surface area contributed by atoms with Crippen molar-refractivity contribution in [3.8, 4) is 0 Å². The molecule has 1 aromatic rings. The molecule has 0 fully saturated rings. The maximum Gasteiger partial charge on any atom is 0.0403 e. The van der Waals surface area contributed by atoms with E-state index in [0.717, 1.165) is 25.8 Å². The molecule has 0 bridgehead atoms. The van der Waals surface area contributed by atoms with Crippen molar-refractivity contribution in [1.82, 2.24) is 4.98 Å². The summed E-state index contributed by atoms with van der Waals surface area (Å²) in [4.78, 5) is 4.43. The molecule has 0 saturated carbocycles. The molecule has 0 radical (unpaired) electrons. The van der Waals surface area contributed by atoms with Crippen molar-refractivity contribution in [2.45, 2.75) is 39.0 Å². The summed E-state index contributed by atoms with van der Waals surface area (Å²) in [6, 6.07) is 4.31. The molecule has 78 valence electrons. The number of unbranched alkanes of at least 4 members (excludes halogenated alkanes) is 1. The molecule has 1 heterocycles. The van der Waals surface area contributed by atoms with Gasteiger partial charge in [0.2, 0.25) is 0 Å². The predicted molar refractivity (Wildman–Crippen MR) is 60.2 cm³/mol. The maximum atomic E-state index is 5.45. The lowest BCUT2D eigenvalue weighted by Crippen LogP contribution is -2.01. The highest BCUT2D eigenvalue weighted by Crippen LogP contribution is 2.05. The van der Waals surface area contributed by atoms with E-state index in [9.17, 15) is 0 Å². The van der Waals surface area contributed by atoms with Crippen molar-refractivity contribution in [1.29, 1.82) is 0 Å². The highest BCUT2D eigenvalue weighted by atomic mass is 14.7. The lowest BCUT2D eigenvalue weighted by Gasteiger charge is -2.02. The molecule has 0 atom stereocenters. The van der Waals surface area contributed by atoms with Crippen LogP contribution in [0.2, 0.25) is 0 Å². The van der Waals surface area contributed by atoms with Gasteiger partial charge in [0.1, 0.15) is 0 Å². The summed E-state index contributed by atoms with van der Waals surface area (Å²) in [5.74, 6) is 0. The molecular weight excluding hydrogens is 172 g/mol. The first-order valence-corrected chi connectivity index (χ1v) is 5.50. The first kappa shape index (κ1) is 11.2. The van der Waals surface area contributed by atoms with Gasteiger partial charge in [0, 0.05) is 11.9 Å². The van der Waals surface area contributed by atoms with Gasteiger partial charge in [-0.15, -0.1) is 0 Å². The van der Waals surface area contributed by atoms with E-state index in [4.69, 9.17) is 5.73 Å². The molecule has 0 aliphatic heterocycles. The molecule has 14 heavy (non-hydrogen) atoms. The minimum atomic E-state index is 0.761. The maximum absolute atomic E-state index is 5.45. The first-order chi connectivity index (χ1) is 6.86. The Hall–Kier alpha value is -0.890. The average Bonchev–Trinajstić information content (AvgIpc) is 2.25. The molecule has 0 aliphatic carbocycles. The Morgan fingerprint density at radius 3 is 2.64 bits per heavy atom. The molecule has 0 aliphatic rings. The van der Waals surface area contributed by atoms with Gasteiger partial charge in [0.15, 0.2) is 0 Å². The van der Waals surface area contributed by atoms with Crippen molar-refractivity contribution < 1.29 is 0 Å². The standard InChI is InChI=1S/C12H20N2/c1-2-3-6-12-8-7-11(10-14-12)5-4-9-13/h7-8,10H,2-6,9,13H2,1H3. The monoisotopic (exact) mass is 192 g/mol. The number of aromatic nitrogens is 1. The number of nitrogens with zero attached hydrogens (tertiary/aromatic N) is 1. The summed E-state index contributed by atoms with van der Waals surface area (Å²) in [5, 5.41) is 0. The van der Waals surface area contributed by atoms with E-state index in [2.05, 4.69) is 24.0 Å². The zero-order valence-corrected chi connectivity index (χ0v) is 9.00. The lowest BCUT2D eigenvalue weighted by molar-refractivity contribution is 0.772. The number of aryl methyl sites for hydroxylation is 2. The zero-order valence-electron chi connectivity index (χ0n) is 9.00. The van der Waals surface area contributed by atoms with Crippen LogP contribution < -0.4 is 5.73 Å². The molecule has 0 saturated heterocycles. The van der Waals surface area contributed by atoms with Crippen LogP contribution in [0.5, 0.6) is 0 Å². The van der Waals surface area contributed by atoms with E-state index >= 15 is 0 Å². The topological polar surface area (TPSA) is 38.9 Å². The van der Waals surface area contributed by atoms with Crippen LogP contribution in [-0.4, -0.2) is 11.5 Å². The quantitative estimate of drug-likeness (QED) is 0.751. The van der Waals surface area contributed by atoms with Gasteiger partial charge in [-0.05, 0) is 43.9 Å². The van der Waals surface area contributed by atoms with Gasteiger partial charge in [-0.2, -0.15) is 0 Å². The van der Waals surface area contributed by atoms with E-state index in [1.165, 1.54) is 24.1 Å². The Balaban J connectivity index is 2.42. The second kappa shape index (κ2) is 6.55. The summed E-state index contributed by atoms with van der Waals surface area (Å²) >= 11 is 0. The summed E-state index contributed by atoms with van der Waals surface area (Å²) in [7, 11) is 0. The minimum absolute atomic E-state index is 0.761. The fraction of sp³-hybridized carbons (Fsp3) is 0.583. The summed E-state index contributed by atoms with van der Waals surface area (Å²) in [6.07, 6.45) is 7.66. The minimum Gasteiger partial charge on any atom is -0.330 e. The normalized spacial score (nSPS) is 10.4. The number of hydrogen-bond acceptors (Lipinski definition) is 2. The van der Waals surface area contributed by atoms with Gasteiger partial charge >= 0.3 is 0 Å². The fourth-order valence-electron chi connectivity index (χ4n) is 1.41. The lowest BCUT2D eigenvalue weighted by atomic mass is 10.1. The van der Waals surface area contributed by atoms with Gasteiger partial charge in [-0.1, -0.05) is 19.4 Å². The Labute approximate surface area is 86.5 Å². The second-order valence-corrected chi connectivity index (χ2v) is 3.65. The van der Waals surface area contributed by atoms with Crippen LogP contribution in [0, 0.1) is 0 Å². The average molecular weight is 192 g/mol. The van der Waals surface area contributed by atoms with E-state index in [-0.39, 0.29) is 0 Å². The first-order valence-electron chi connectivity index (χ1n) is 5.50. The van der Waals surface area contributed by atoms with Crippen LogP contribution in [0.15, 0.2) is 18.3 Å². The Morgan fingerprint density at radius 2 is 2.07 bits per heavy atom. The third kappa shape index (κ3) is 3.88. The van der Waals surface area contributed by atoms with E-state index in [1.54, 1.807) is 0 Å². The van der Waals surface area contributed by atoms with Gasteiger partial charge in [-0.25, -0.2) is 0 Å². The van der Waals surface area contributed by atoms with Gasteiger partial charge in [-0.3, -0.25) is 4.98 Å². The fourth-order valence-corrected chi connectivity index (χ4v) is 1.41. The van der Waals surface area contributed by atoms with Gasteiger partial charge in [0.25, 0.3) is 0 Å². The smallest absolute Gasteiger partial charge is 0.0403 e. The molecule has 0 amide bonds. The van der Waals surface area contributed by atoms with Crippen molar-refractivity contribution in [3.05, 3.63) is 29.6 Å². The van der Waals surface area contributed by atoms with Crippen LogP contribution in [0.3, 0.4) is 0 Å². The number of pyridine rings is 1. The molecule has 1 rings (SSSR count). The molecular formula is C12H20N2. The number of rotatable bonds is 6. The SMILES string of the molecule is CCCCc1ccc(CCCN)cn1. The highest BCUT2D eigenvalue weighted by molar-refractivity contribution is 5.14. The molecule has 0 aromatic carbocycles. The Kier molecular flexibility index (Phi) is 5.23. The molecule has 2 N–H and O–H groups in total. The molecule has 2 nitrogen and oxygen atoms in total. The van der Waals surface area contributed by atoms with Crippen molar-refractivity contribution in [3.63, 3.8) is 0 Å². The van der Waals surface area contributed by atoms with Crippen LogP contribution in [0.25, 0.3) is 0 Å². The van der Waals surface area contributed by atoms with Gasteiger partial charge in [0.05, 0.1) is 0 Å². The molecule has 0 unspecified atom stereocenters. The number of hydrogen-bond donors (Lipinski definition) is 1. The molecule has 1 aromatic heterocycles. The van der Waals surface area contributed by atoms with Crippen LogP contribution >= 0.6 is 0 Å². The van der Waals surface area contributed by atoms with Crippen molar-refractivity contribution in [2.75, 3.05) is 6.54 Å². The molecule has 2 heteroatoms. The Morgan fingerprint density at radius 1 is 1.21 bits per heavy atom. The van der Waals surface area contributed by atoms with E-state index < -0.39 is 0 Å². The predicted octanol–water partition coefficient (Wildman–Crippen LogP) is 2.32. The van der Waals surface area contributed by atoms with E-state index in [1.807, 2.05) is 6.20 Å².